The second-order valence-electron chi connectivity index (χ2n) is 9.96. The lowest BCUT2D eigenvalue weighted by atomic mass is 9.89. The van der Waals surface area contributed by atoms with Gasteiger partial charge in [0.05, 0.1) is 19.0 Å². The highest BCUT2D eigenvalue weighted by Gasteiger charge is 2.44. The third kappa shape index (κ3) is 3.92. The smallest absolute Gasteiger partial charge is 0.307 e. The van der Waals surface area contributed by atoms with Crippen molar-refractivity contribution in [1.29, 1.82) is 0 Å². The molecule has 0 bridgehead atoms. The molecule has 182 valence electrons. The van der Waals surface area contributed by atoms with E-state index in [2.05, 4.69) is 69.9 Å². The molecule has 6 rings (SSSR count). The minimum Gasteiger partial charge on any atom is -0.481 e. The molecule has 0 radical (unpaired) electrons. The van der Waals surface area contributed by atoms with Crippen molar-refractivity contribution in [1.82, 2.24) is 25.2 Å². The van der Waals surface area contributed by atoms with Gasteiger partial charge in [0.25, 0.3) is 0 Å². The maximum absolute atomic E-state index is 11.2. The molecule has 2 aromatic heterocycles. The molecule has 1 fully saturated rings. The van der Waals surface area contributed by atoms with Crippen LogP contribution in [0.5, 0.6) is 0 Å². The van der Waals surface area contributed by atoms with E-state index < -0.39 is 5.97 Å². The third-order valence-electron chi connectivity index (χ3n) is 7.48. The number of tetrazole rings is 1. The Morgan fingerprint density at radius 3 is 2.58 bits per heavy atom. The number of anilines is 1. The van der Waals surface area contributed by atoms with E-state index in [0.29, 0.717) is 12.2 Å². The Morgan fingerprint density at radius 1 is 1.14 bits per heavy atom. The summed E-state index contributed by atoms with van der Waals surface area (Å²) in [4.78, 5) is 17.2. The third-order valence-corrected chi connectivity index (χ3v) is 7.48. The van der Waals surface area contributed by atoms with E-state index in [1.807, 2.05) is 18.3 Å². The van der Waals surface area contributed by atoms with Gasteiger partial charge >= 0.3 is 5.97 Å². The number of aromatic nitrogens is 5. The first-order valence-electron chi connectivity index (χ1n) is 12.3. The summed E-state index contributed by atoms with van der Waals surface area (Å²) in [5, 5.41) is 25.3. The van der Waals surface area contributed by atoms with Crippen molar-refractivity contribution in [3.05, 3.63) is 76.5 Å². The molecule has 2 aliphatic carbocycles. The maximum Gasteiger partial charge on any atom is 0.307 e. The van der Waals surface area contributed by atoms with E-state index in [-0.39, 0.29) is 17.9 Å². The van der Waals surface area contributed by atoms with Gasteiger partial charge in [-0.3, -0.25) is 4.79 Å². The first-order valence-corrected chi connectivity index (χ1v) is 12.3. The molecule has 8 heteroatoms. The van der Waals surface area contributed by atoms with Crippen molar-refractivity contribution in [3.63, 3.8) is 0 Å². The molecular formula is C28H28N6O2. The standard InChI is InChI=1S/C28H28N6O2/c1-15-11-18(27-31-33-34(3)32-27)12-16(2)26(15)21-6-4-5-20-19(21)8-9-24(20)30-25-10-7-17(14-29-25)22-13-23(22)28(35)36/h4-7,10-12,14,22-24H,8-9,13H2,1-3H3,(H,29,30)(H,35,36)/t22?,23?,24-/m1/s1. The zero-order valence-corrected chi connectivity index (χ0v) is 20.6. The summed E-state index contributed by atoms with van der Waals surface area (Å²) in [5.74, 6) is 0.579. The Balaban J connectivity index is 1.25. The van der Waals surface area contributed by atoms with Crippen LogP contribution in [0.1, 0.15) is 52.6 Å². The molecule has 0 aliphatic heterocycles. The van der Waals surface area contributed by atoms with Gasteiger partial charge in [-0.25, -0.2) is 4.98 Å². The number of benzene rings is 2. The molecule has 1 saturated carbocycles. The number of pyridine rings is 1. The van der Waals surface area contributed by atoms with Crippen molar-refractivity contribution in [2.45, 2.75) is 45.1 Å². The molecule has 2 aliphatic rings. The number of hydrogen-bond acceptors (Lipinski definition) is 6. The number of hydrogen-bond donors (Lipinski definition) is 2. The Bertz CT molecular complexity index is 1450. The first kappa shape index (κ1) is 22.4. The Kier molecular flexibility index (Phi) is 5.32. The van der Waals surface area contributed by atoms with Gasteiger partial charge in [-0.05, 0) is 101 Å². The summed E-state index contributed by atoms with van der Waals surface area (Å²) in [6.45, 7) is 4.29. The summed E-state index contributed by atoms with van der Waals surface area (Å²) < 4.78 is 0. The monoisotopic (exact) mass is 480 g/mol. The van der Waals surface area contributed by atoms with Crippen molar-refractivity contribution < 1.29 is 9.90 Å². The van der Waals surface area contributed by atoms with Gasteiger partial charge < -0.3 is 10.4 Å². The highest BCUT2D eigenvalue weighted by atomic mass is 16.4. The highest BCUT2D eigenvalue weighted by molar-refractivity contribution is 5.79. The molecule has 36 heavy (non-hydrogen) atoms. The van der Waals surface area contributed by atoms with Crippen LogP contribution in [0.2, 0.25) is 0 Å². The molecule has 2 aromatic carbocycles. The topological polar surface area (TPSA) is 106 Å². The van der Waals surface area contributed by atoms with Gasteiger partial charge in [0, 0.05) is 11.8 Å². The number of aliphatic carboxylic acids is 1. The number of carboxylic acid groups (broad SMARTS) is 1. The number of nitrogens with zero attached hydrogens (tertiary/aromatic N) is 5. The Morgan fingerprint density at radius 2 is 1.94 bits per heavy atom. The number of nitrogens with one attached hydrogen (secondary N) is 1. The van der Waals surface area contributed by atoms with Crippen LogP contribution in [0.25, 0.3) is 22.5 Å². The first-order chi connectivity index (χ1) is 17.4. The van der Waals surface area contributed by atoms with Gasteiger partial charge in [-0.15, -0.1) is 10.2 Å². The van der Waals surface area contributed by atoms with E-state index in [1.165, 1.54) is 38.2 Å². The van der Waals surface area contributed by atoms with E-state index in [4.69, 9.17) is 0 Å². The predicted molar refractivity (Wildman–Crippen MR) is 137 cm³/mol. The molecule has 2 N–H and O–H groups in total. The average Bonchev–Trinajstić information content (AvgIpc) is 3.39. The largest absolute Gasteiger partial charge is 0.481 e. The van der Waals surface area contributed by atoms with E-state index in [1.54, 1.807) is 7.05 Å². The van der Waals surface area contributed by atoms with Gasteiger partial charge in [-0.2, -0.15) is 4.80 Å². The number of rotatable bonds is 6. The second kappa shape index (κ2) is 8.55. The van der Waals surface area contributed by atoms with Crippen molar-refractivity contribution >= 4 is 11.8 Å². The van der Waals surface area contributed by atoms with Crippen LogP contribution < -0.4 is 5.32 Å². The lowest BCUT2D eigenvalue weighted by Gasteiger charge is -2.18. The minimum atomic E-state index is -0.717. The van der Waals surface area contributed by atoms with Crippen LogP contribution in [0, 0.1) is 19.8 Å². The fourth-order valence-corrected chi connectivity index (χ4v) is 5.68. The van der Waals surface area contributed by atoms with Crippen LogP contribution in [0.15, 0.2) is 48.7 Å². The zero-order valence-electron chi connectivity index (χ0n) is 20.6. The molecule has 0 saturated heterocycles. The highest BCUT2D eigenvalue weighted by Crippen LogP contribution is 2.47. The Hall–Kier alpha value is -4.07. The number of fused-ring (bicyclic) bond motifs is 1. The van der Waals surface area contributed by atoms with Crippen LogP contribution in [-0.4, -0.2) is 36.3 Å². The van der Waals surface area contributed by atoms with Crippen LogP contribution >= 0.6 is 0 Å². The van der Waals surface area contributed by atoms with E-state index in [0.717, 1.165) is 29.8 Å². The van der Waals surface area contributed by atoms with Crippen molar-refractivity contribution in [3.8, 4) is 22.5 Å². The second-order valence-corrected chi connectivity index (χ2v) is 9.96. The SMILES string of the molecule is Cc1cc(-c2nnn(C)n2)cc(C)c1-c1cccc2c1CC[C@H]2Nc1ccc(C2CC2C(=O)O)cn1. The fourth-order valence-electron chi connectivity index (χ4n) is 5.68. The van der Waals surface area contributed by atoms with Crippen molar-refractivity contribution in [2.24, 2.45) is 13.0 Å². The summed E-state index contributed by atoms with van der Waals surface area (Å²) >= 11 is 0. The summed E-state index contributed by atoms with van der Waals surface area (Å²) in [6.07, 6.45) is 4.52. The van der Waals surface area contributed by atoms with Gasteiger partial charge in [0.1, 0.15) is 5.82 Å². The van der Waals surface area contributed by atoms with Gasteiger partial charge in [-0.1, -0.05) is 24.3 Å². The average molecular weight is 481 g/mol. The normalized spacial score (nSPS) is 20.2. The summed E-state index contributed by atoms with van der Waals surface area (Å²) in [5.41, 5.74) is 9.61. The molecule has 2 unspecified atom stereocenters. The lowest BCUT2D eigenvalue weighted by Crippen LogP contribution is -2.08. The lowest BCUT2D eigenvalue weighted by molar-refractivity contribution is -0.138. The molecule has 0 amide bonds. The van der Waals surface area contributed by atoms with Crippen LogP contribution in [-0.2, 0) is 18.3 Å². The molecule has 0 spiro atoms. The molecule has 4 aromatic rings. The van der Waals surface area contributed by atoms with Crippen LogP contribution in [0.3, 0.4) is 0 Å². The number of aryl methyl sites for hydroxylation is 3. The van der Waals surface area contributed by atoms with Gasteiger partial charge in [0.2, 0.25) is 5.82 Å². The Labute approximate surface area is 209 Å². The molecule has 3 atom stereocenters. The van der Waals surface area contributed by atoms with Crippen molar-refractivity contribution in [2.75, 3.05) is 5.32 Å². The quantitative estimate of drug-likeness (QED) is 0.407. The van der Waals surface area contributed by atoms with E-state index >= 15 is 0 Å². The fraction of sp³-hybridized carbons (Fsp3) is 0.321. The van der Waals surface area contributed by atoms with E-state index in [9.17, 15) is 9.90 Å². The number of carbonyl (C=O) groups is 1. The summed E-state index contributed by atoms with van der Waals surface area (Å²) in [6, 6.07) is 15.0. The zero-order chi connectivity index (χ0) is 25.0. The number of carboxylic acids is 1. The van der Waals surface area contributed by atoms with Gasteiger partial charge in [0.15, 0.2) is 0 Å². The molecule has 2 heterocycles. The minimum absolute atomic E-state index is 0.0985. The van der Waals surface area contributed by atoms with Crippen LogP contribution in [0.4, 0.5) is 5.82 Å². The summed E-state index contributed by atoms with van der Waals surface area (Å²) in [7, 11) is 1.77. The molecular weight excluding hydrogens is 452 g/mol. The maximum atomic E-state index is 11.2. The predicted octanol–water partition coefficient (Wildman–Crippen LogP) is 4.84. The molecule has 8 nitrogen and oxygen atoms in total.